The van der Waals surface area contributed by atoms with Crippen LogP contribution in [-0.2, 0) is 0 Å². The molecule has 0 radical (unpaired) electrons. The van der Waals surface area contributed by atoms with Gasteiger partial charge in [-0.2, -0.15) is 0 Å². The monoisotopic (exact) mass is 831 g/mol. The summed E-state index contributed by atoms with van der Waals surface area (Å²) in [7, 11) is 0. The van der Waals surface area contributed by atoms with E-state index in [2.05, 4.69) is 26.6 Å². The number of nitrogen functional groups attached to an aromatic ring is 1. The van der Waals surface area contributed by atoms with Crippen LogP contribution in [0.1, 0.15) is 76.0 Å². The number of nitrogens with two attached hydrogens (primary N) is 1. The van der Waals surface area contributed by atoms with Gasteiger partial charge in [-0.1, -0.05) is 82.7 Å². The van der Waals surface area contributed by atoms with Gasteiger partial charge in [-0.05, 0) is 123 Å². The molecule has 0 saturated carbocycles. The Morgan fingerprint density at radius 3 is 1.09 bits per heavy atom. The van der Waals surface area contributed by atoms with E-state index in [0.29, 0.717) is 55.8 Å². The Bertz CT molecular complexity index is 2200. The number of halogens is 2. The molecule has 0 atom stereocenters. The van der Waals surface area contributed by atoms with E-state index in [9.17, 15) is 28.8 Å². The lowest BCUT2D eigenvalue weighted by Crippen LogP contribution is -2.11. The number of hydrogen-bond acceptors (Lipinski definition) is 7. The predicted molar refractivity (Wildman–Crippen MR) is 227 cm³/mol. The van der Waals surface area contributed by atoms with Crippen LogP contribution in [0.4, 0.5) is 17.1 Å². The molecule has 0 unspecified atom stereocenters. The largest absolute Gasteiger partial charge is 0.399 e. The zero-order valence-corrected chi connectivity index (χ0v) is 32.9. The Balaban J connectivity index is 0.000000210. The maximum atomic E-state index is 11.9. The highest BCUT2D eigenvalue weighted by Gasteiger charge is 2.08. The van der Waals surface area contributed by atoms with Gasteiger partial charge >= 0.3 is 0 Å². The van der Waals surface area contributed by atoms with Crippen molar-refractivity contribution in [1.82, 2.24) is 0 Å². The highest BCUT2D eigenvalue weighted by Crippen LogP contribution is 2.14. The number of amides is 2. The molecule has 4 N–H and O–H groups in total. The number of alkyl halides is 1. The molecule has 6 rings (SSSR count). The molecule has 9 nitrogen and oxygen atoms in total. The molecule has 2 amide bonds. The van der Waals surface area contributed by atoms with Gasteiger partial charge in [0.25, 0.3) is 17.1 Å². The molecule has 0 aliphatic heterocycles. The number of carbonyl (C=O) groups excluding carboxylic acids is 6. The fourth-order valence-electron chi connectivity index (χ4n) is 4.48. The van der Waals surface area contributed by atoms with Gasteiger partial charge in [0.2, 0.25) is 0 Å². The average molecular weight is 833 g/mol. The molecule has 0 bridgehead atoms. The van der Waals surface area contributed by atoms with Crippen molar-refractivity contribution < 1.29 is 28.8 Å². The Labute approximate surface area is 339 Å². The van der Waals surface area contributed by atoms with Gasteiger partial charge in [-0.3, -0.25) is 28.8 Å². The summed E-state index contributed by atoms with van der Waals surface area (Å²) >= 11 is 8.29. The van der Waals surface area contributed by atoms with Crippen LogP contribution in [0.5, 0.6) is 0 Å². The number of benzene rings is 6. The van der Waals surface area contributed by atoms with Gasteiger partial charge in [-0.15, -0.1) is 0 Å². The molecule has 56 heavy (non-hydrogen) atoms. The molecule has 284 valence electrons. The second kappa shape index (κ2) is 23.3. The van der Waals surface area contributed by atoms with E-state index >= 15 is 0 Å². The van der Waals surface area contributed by atoms with Crippen molar-refractivity contribution in [1.29, 1.82) is 0 Å². The first kappa shape index (κ1) is 43.9. The zero-order chi connectivity index (χ0) is 40.9. The van der Waals surface area contributed by atoms with Crippen molar-refractivity contribution in [3.05, 3.63) is 197 Å². The second-order valence-corrected chi connectivity index (χ2v) is 12.6. The minimum atomic E-state index is -0.407. The van der Waals surface area contributed by atoms with Crippen molar-refractivity contribution in [3.63, 3.8) is 0 Å². The molecule has 6 aromatic rings. The smallest absolute Gasteiger partial charge is 0.255 e. The quantitative estimate of drug-likeness (QED) is 0.0567. The summed E-state index contributed by atoms with van der Waals surface area (Å²) in [6.07, 6.45) is 0. The first-order valence-electron chi connectivity index (χ1n) is 17.0. The highest BCUT2D eigenvalue weighted by molar-refractivity contribution is 9.09. The van der Waals surface area contributed by atoms with Crippen LogP contribution in [0.15, 0.2) is 164 Å². The van der Waals surface area contributed by atoms with Gasteiger partial charge < -0.3 is 16.4 Å². The molecular weight excluding hydrogens is 794 g/mol. The fraction of sp³-hybridized carbons (Fsp3) is 0.0667. The highest BCUT2D eigenvalue weighted by atomic mass is 79.9. The van der Waals surface area contributed by atoms with Crippen molar-refractivity contribution >= 4 is 79.0 Å². The lowest BCUT2D eigenvalue weighted by molar-refractivity contribution is 0.100. The maximum Gasteiger partial charge on any atom is 0.255 e. The van der Waals surface area contributed by atoms with Crippen LogP contribution in [-0.4, -0.2) is 39.7 Å². The van der Waals surface area contributed by atoms with E-state index in [0.717, 1.165) is 0 Å². The number of rotatable bonds is 9. The standard InChI is InChI=1S/C15H12BrNO2.C15H13NO2.C8H9NO.C7H5ClO/c16-10-14(18)11-6-8-13(9-7-11)17-15(19)12-4-2-1-3-5-12;1-11(17)12-7-9-14(10-8-12)16-15(18)13-5-3-2-4-6-13;1-6(10)7-2-4-8(9)5-3-7;8-7(9)6-4-2-1-3-5-6/h1-9H,10H2,(H,17,19);2-10H,1H3,(H,16,18);2-5H,9H2,1H3;1-5H. The summed E-state index contributed by atoms with van der Waals surface area (Å²) in [6, 6.07) is 47.2. The molecule has 0 heterocycles. The van der Waals surface area contributed by atoms with Crippen molar-refractivity contribution in [2.24, 2.45) is 0 Å². The molecule has 0 aromatic heterocycles. The first-order valence-corrected chi connectivity index (χ1v) is 18.5. The normalized spacial score (nSPS) is 9.64. The van der Waals surface area contributed by atoms with Gasteiger partial charge in [0, 0.05) is 50.4 Å². The number of hydrogen-bond donors (Lipinski definition) is 3. The number of Topliss-reactive ketones (excluding diaryl/α,β-unsaturated/α-hetero) is 3. The minimum absolute atomic E-state index is 0.0101. The Morgan fingerprint density at radius 1 is 0.464 bits per heavy atom. The second-order valence-electron chi connectivity index (χ2n) is 11.7. The number of carbonyl (C=O) groups is 6. The third-order valence-electron chi connectivity index (χ3n) is 7.53. The topological polar surface area (TPSA) is 152 Å². The summed E-state index contributed by atoms with van der Waals surface area (Å²) in [6.45, 7) is 3.04. The summed E-state index contributed by atoms with van der Waals surface area (Å²) in [5, 5.41) is 5.44. The molecule has 0 aliphatic carbocycles. The third-order valence-corrected chi connectivity index (χ3v) is 8.25. The Kier molecular flexibility index (Phi) is 18.3. The molecule has 0 aliphatic rings. The van der Waals surface area contributed by atoms with Crippen LogP contribution in [0.3, 0.4) is 0 Å². The summed E-state index contributed by atoms with van der Waals surface area (Å²) in [5.74, 6) is -0.233. The van der Waals surface area contributed by atoms with E-state index < -0.39 is 5.24 Å². The number of ketones is 3. The van der Waals surface area contributed by atoms with Crippen LogP contribution in [0.25, 0.3) is 0 Å². The van der Waals surface area contributed by atoms with Crippen molar-refractivity contribution in [2.75, 3.05) is 21.7 Å². The van der Waals surface area contributed by atoms with E-state index in [4.69, 9.17) is 17.3 Å². The molecular formula is C45H39BrClN3O6. The lowest BCUT2D eigenvalue weighted by Gasteiger charge is -2.05. The lowest BCUT2D eigenvalue weighted by atomic mass is 10.1. The fourth-order valence-corrected chi connectivity index (χ4v) is 4.93. The van der Waals surface area contributed by atoms with Crippen molar-refractivity contribution in [2.45, 2.75) is 13.8 Å². The van der Waals surface area contributed by atoms with E-state index in [1.807, 2.05) is 42.5 Å². The van der Waals surface area contributed by atoms with Gasteiger partial charge in [0.1, 0.15) is 0 Å². The summed E-state index contributed by atoms with van der Waals surface area (Å²) < 4.78 is 0. The minimum Gasteiger partial charge on any atom is -0.399 e. The zero-order valence-electron chi connectivity index (χ0n) is 30.6. The van der Waals surface area contributed by atoms with Crippen LogP contribution >= 0.6 is 27.5 Å². The molecule has 6 aromatic carbocycles. The maximum absolute atomic E-state index is 11.9. The molecule has 0 spiro atoms. The van der Waals surface area contributed by atoms with E-state index in [-0.39, 0.29) is 29.2 Å². The number of nitrogens with one attached hydrogen (secondary N) is 2. The van der Waals surface area contributed by atoms with Gasteiger partial charge in [0.15, 0.2) is 17.3 Å². The van der Waals surface area contributed by atoms with E-state index in [1.54, 1.807) is 121 Å². The first-order chi connectivity index (χ1) is 26.9. The number of anilines is 3. The predicted octanol–water partition coefficient (Wildman–Crippen LogP) is 10.2. The van der Waals surface area contributed by atoms with Crippen molar-refractivity contribution in [3.8, 4) is 0 Å². The average Bonchev–Trinajstić information content (AvgIpc) is 3.23. The van der Waals surface area contributed by atoms with Crippen LogP contribution in [0.2, 0.25) is 0 Å². The Morgan fingerprint density at radius 2 is 0.786 bits per heavy atom. The third kappa shape index (κ3) is 15.5. The SMILES string of the molecule is CC(=O)c1ccc(N)cc1.CC(=O)c1ccc(NC(=O)c2ccccc2)cc1.O=C(CBr)c1ccc(NC(=O)c2ccccc2)cc1.O=C(Cl)c1ccccc1. The molecule has 0 fully saturated rings. The molecule has 11 heteroatoms. The van der Waals surface area contributed by atoms with Crippen LogP contribution < -0.4 is 16.4 Å². The van der Waals surface area contributed by atoms with E-state index in [1.165, 1.54) is 13.8 Å². The summed E-state index contributed by atoms with van der Waals surface area (Å²) in [4.78, 5) is 67.4. The Hall–Kier alpha value is -6.49. The van der Waals surface area contributed by atoms with Gasteiger partial charge in [0.05, 0.1) is 5.33 Å². The van der Waals surface area contributed by atoms with Gasteiger partial charge in [-0.25, -0.2) is 0 Å². The molecule has 0 saturated heterocycles. The van der Waals surface area contributed by atoms with Crippen LogP contribution in [0, 0.1) is 0 Å². The summed E-state index contributed by atoms with van der Waals surface area (Å²) in [5.41, 5.74) is 11.1.